The molecule has 0 amide bonds. The fraction of sp³-hybridized carbons (Fsp3) is 0.250. The van der Waals surface area contributed by atoms with E-state index >= 15 is 0 Å². The molecule has 1 aliphatic rings. The number of benzene rings is 2. The predicted molar refractivity (Wildman–Crippen MR) is 128 cm³/mol. The normalized spacial score (nSPS) is 16.5. The predicted octanol–water partition coefficient (Wildman–Crippen LogP) is 5.03. The Bertz CT molecular complexity index is 1330. The lowest BCUT2D eigenvalue weighted by Crippen LogP contribution is -2.49. The number of H-pyrrole nitrogens is 2. The maximum atomic E-state index is 13.3. The van der Waals surface area contributed by atoms with Gasteiger partial charge in [0.05, 0.1) is 22.3 Å². The van der Waals surface area contributed by atoms with Crippen LogP contribution in [0.4, 0.5) is 18.9 Å². The third kappa shape index (κ3) is 4.53. The highest BCUT2D eigenvalue weighted by Gasteiger charge is 2.35. The highest BCUT2D eigenvalue weighted by atomic mass is 35.5. The standard InChI is InChI=1S/C24H22F3N5O.ClH/c1-14-13-32(9-8-28-14)16-6-7-19-20(11-16)31-23(30-19)21-10-15(12-29-21)22(33)17-4-2-3-5-18(17)24(25,26)27;/h2-7,10-12,14,28-29H,8-9,13H2,1H3,(H,30,31);1H/t14-;/m0./s1. The van der Waals surface area contributed by atoms with Crippen LogP contribution in [0.25, 0.3) is 22.6 Å². The van der Waals surface area contributed by atoms with E-state index in [-0.39, 0.29) is 23.5 Å². The number of nitrogens with zero attached hydrogens (tertiary/aromatic N) is 2. The topological polar surface area (TPSA) is 76.8 Å². The zero-order valence-electron chi connectivity index (χ0n) is 18.2. The van der Waals surface area contributed by atoms with Gasteiger partial charge in [-0.1, -0.05) is 18.2 Å². The molecule has 178 valence electrons. The molecule has 0 bridgehead atoms. The summed E-state index contributed by atoms with van der Waals surface area (Å²) in [7, 11) is 0. The van der Waals surface area contributed by atoms with E-state index in [9.17, 15) is 18.0 Å². The Morgan fingerprint density at radius 3 is 2.71 bits per heavy atom. The Balaban J connectivity index is 0.00000274. The number of halogens is 4. The fourth-order valence-electron chi connectivity index (χ4n) is 4.23. The minimum atomic E-state index is -4.61. The van der Waals surface area contributed by atoms with Gasteiger partial charge in [-0.25, -0.2) is 4.98 Å². The number of hydrogen-bond acceptors (Lipinski definition) is 4. The third-order valence-corrected chi connectivity index (χ3v) is 5.88. The molecule has 1 saturated heterocycles. The summed E-state index contributed by atoms with van der Waals surface area (Å²) < 4.78 is 40.0. The summed E-state index contributed by atoms with van der Waals surface area (Å²) in [6, 6.07) is 12.7. The fourth-order valence-corrected chi connectivity index (χ4v) is 4.23. The van der Waals surface area contributed by atoms with Gasteiger partial charge in [0, 0.05) is 48.7 Å². The van der Waals surface area contributed by atoms with E-state index in [1.165, 1.54) is 30.5 Å². The summed E-state index contributed by atoms with van der Waals surface area (Å²) >= 11 is 0. The maximum Gasteiger partial charge on any atom is 0.417 e. The molecule has 34 heavy (non-hydrogen) atoms. The van der Waals surface area contributed by atoms with Crippen molar-refractivity contribution in [3.8, 4) is 11.5 Å². The van der Waals surface area contributed by atoms with Gasteiger partial charge in [-0.15, -0.1) is 12.4 Å². The highest BCUT2D eigenvalue weighted by molar-refractivity contribution is 6.10. The number of aromatic nitrogens is 3. The van der Waals surface area contributed by atoms with E-state index < -0.39 is 17.5 Å². The second kappa shape index (κ2) is 9.15. The number of anilines is 1. The van der Waals surface area contributed by atoms with Gasteiger partial charge < -0.3 is 20.2 Å². The highest BCUT2D eigenvalue weighted by Crippen LogP contribution is 2.33. The zero-order valence-corrected chi connectivity index (χ0v) is 19.1. The first kappa shape index (κ1) is 23.8. The van der Waals surface area contributed by atoms with Gasteiger partial charge in [0.15, 0.2) is 11.6 Å². The van der Waals surface area contributed by atoms with Crippen LogP contribution in [-0.2, 0) is 6.18 Å². The van der Waals surface area contributed by atoms with Crippen LogP contribution >= 0.6 is 12.4 Å². The molecule has 3 N–H and O–H groups in total. The zero-order chi connectivity index (χ0) is 23.2. The van der Waals surface area contributed by atoms with Crippen molar-refractivity contribution < 1.29 is 18.0 Å². The molecule has 4 aromatic rings. The molecule has 3 heterocycles. The molecule has 5 rings (SSSR count). The number of hydrogen-bond donors (Lipinski definition) is 3. The Kier molecular flexibility index (Phi) is 6.42. The molecule has 0 unspecified atom stereocenters. The van der Waals surface area contributed by atoms with Crippen LogP contribution in [0, 0.1) is 0 Å². The number of ketones is 1. The van der Waals surface area contributed by atoms with E-state index in [0.717, 1.165) is 42.4 Å². The summed E-state index contributed by atoms with van der Waals surface area (Å²) in [6.07, 6.45) is -3.20. The quantitative estimate of drug-likeness (QED) is 0.351. The van der Waals surface area contributed by atoms with Crippen LogP contribution in [0.15, 0.2) is 54.7 Å². The average molecular weight is 490 g/mol. The van der Waals surface area contributed by atoms with Crippen molar-refractivity contribution in [1.82, 2.24) is 20.3 Å². The molecule has 1 fully saturated rings. The summed E-state index contributed by atoms with van der Waals surface area (Å²) in [4.78, 5) is 25.9. The molecular weight excluding hydrogens is 467 g/mol. The van der Waals surface area contributed by atoms with Crippen LogP contribution in [0.1, 0.15) is 28.4 Å². The van der Waals surface area contributed by atoms with Crippen molar-refractivity contribution in [3.05, 3.63) is 71.4 Å². The number of carbonyl (C=O) groups is 1. The van der Waals surface area contributed by atoms with Crippen molar-refractivity contribution in [2.45, 2.75) is 19.1 Å². The lowest BCUT2D eigenvalue weighted by atomic mass is 9.99. The Morgan fingerprint density at radius 2 is 1.94 bits per heavy atom. The molecular formula is C24H23ClF3N5O. The molecule has 1 aliphatic heterocycles. The number of imidazole rings is 1. The van der Waals surface area contributed by atoms with E-state index in [1.54, 1.807) is 0 Å². The minimum absolute atomic E-state index is 0. The molecule has 0 saturated carbocycles. The van der Waals surface area contributed by atoms with Gasteiger partial charge in [0.1, 0.15) is 0 Å². The van der Waals surface area contributed by atoms with Gasteiger partial charge in [-0.2, -0.15) is 13.2 Å². The SMILES string of the molecule is C[C@H]1CN(c2ccc3nc(-c4cc(C(=O)c5ccccc5C(F)(F)F)c[nH]4)[nH]c3c2)CCN1.Cl. The first-order valence-electron chi connectivity index (χ1n) is 10.7. The number of carbonyl (C=O) groups excluding carboxylic acids is 1. The number of rotatable bonds is 4. The van der Waals surface area contributed by atoms with Gasteiger partial charge >= 0.3 is 6.18 Å². The first-order chi connectivity index (χ1) is 15.8. The summed E-state index contributed by atoms with van der Waals surface area (Å²) in [5.41, 5.74) is 2.04. The lowest BCUT2D eigenvalue weighted by molar-refractivity contribution is -0.137. The second-order valence-electron chi connectivity index (χ2n) is 8.26. The van der Waals surface area contributed by atoms with Gasteiger partial charge in [-0.3, -0.25) is 4.79 Å². The van der Waals surface area contributed by atoms with E-state index in [0.29, 0.717) is 17.6 Å². The van der Waals surface area contributed by atoms with Crippen molar-refractivity contribution in [2.24, 2.45) is 0 Å². The van der Waals surface area contributed by atoms with Crippen LogP contribution in [-0.4, -0.2) is 46.4 Å². The monoisotopic (exact) mass is 489 g/mol. The molecule has 2 aromatic carbocycles. The molecule has 0 aliphatic carbocycles. The lowest BCUT2D eigenvalue weighted by Gasteiger charge is -2.33. The van der Waals surface area contributed by atoms with Crippen molar-refractivity contribution in [3.63, 3.8) is 0 Å². The number of nitrogens with one attached hydrogen (secondary N) is 3. The molecule has 10 heteroatoms. The minimum Gasteiger partial charge on any atom is -0.369 e. The van der Waals surface area contributed by atoms with Gasteiger partial charge in [-0.05, 0) is 37.3 Å². The van der Waals surface area contributed by atoms with Crippen LogP contribution < -0.4 is 10.2 Å². The van der Waals surface area contributed by atoms with E-state index in [2.05, 4.69) is 32.1 Å². The molecule has 2 aromatic heterocycles. The van der Waals surface area contributed by atoms with Crippen LogP contribution in [0.3, 0.4) is 0 Å². The Morgan fingerprint density at radius 1 is 1.15 bits per heavy atom. The number of piperazine rings is 1. The smallest absolute Gasteiger partial charge is 0.369 e. The van der Waals surface area contributed by atoms with Crippen LogP contribution in [0.2, 0.25) is 0 Å². The molecule has 0 spiro atoms. The van der Waals surface area contributed by atoms with E-state index in [4.69, 9.17) is 0 Å². The van der Waals surface area contributed by atoms with Crippen LogP contribution in [0.5, 0.6) is 0 Å². The molecule has 0 radical (unpaired) electrons. The van der Waals surface area contributed by atoms with Crippen molar-refractivity contribution in [2.75, 3.05) is 24.5 Å². The van der Waals surface area contributed by atoms with Gasteiger partial charge in [0.25, 0.3) is 0 Å². The van der Waals surface area contributed by atoms with Crippen molar-refractivity contribution >= 4 is 34.9 Å². The van der Waals surface area contributed by atoms with Crippen molar-refractivity contribution in [1.29, 1.82) is 0 Å². The summed E-state index contributed by atoms with van der Waals surface area (Å²) in [5, 5.41) is 3.42. The largest absolute Gasteiger partial charge is 0.417 e. The Labute approximate surface area is 200 Å². The Hall–Kier alpha value is -3.30. The number of aromatic amines is 2. The summed E-state index contributed by atoms with van der Waals surface area (Å²) in [5.74, 6) is -0.185. The number of fused-ring (bicyclic) bond motifs is 1. The molecule has 1 atom stereocenters. The first-order valence-corrected chi connectivity index (χ1v) is 10.7. The third-order valence-electron chi connectivity index (χ3n) is 5.88. The second-order valence-corrected chi connectivity index (χ2v) is 8.26. The maximum absolute atomic E-state index is 13.3. The van der Waals surface area contributed by atoms with Gasteiger partial charge in [0.2, 0.25) is 0 Å². The van der Waals surface area contributed by atoms with E-state index in [1.807, 2.05) is 18.2 Å². The number of alkyl halides is 3. The molecule has 6 nitrogen and oxygen atoms in total. The average Bonchev–Trinajstić information content (AvgIpc) is 3.45. The summed E-state index contributed by atoms with van der Waals surface area (Å²) in [6.45, 7) is 4.90.